The Balaban J connectivity index is 2.61. The fourth-order valence-electron chi connectivity index (χ4n) is 1.51. The minimum atomic E-state index is -1.24. The second-order valence-electron chi connectivity index (χ2n) is 3.94. The lowest BCUT2D eigenvalue weighted by Gasteiger charge is -2.11. The highest BCUT2D eigenvalue weighted by Gasteiger charge is 2.14. The van der Waals surface area contributed by atoms with E-state index in [2.05, 4.69) is 4.74 Å². The molecule has 1 atom stereocenters. The summed E-state index contributed by atoms with van der Waals surface area (Å²) < 4.78 is 43.3. The first kappa shape index (κ1) is 14.5. The summed E-state index contributed by atoms with van der Waals surface area (Å²) in [6, 6.07) is 0.740. The minimum absolute atomic E-state index is 0.00809. The maximum Gasteiger partial charge on any atom is 0.305 e. The van der Waals surface area contributed by atoms with E-state index in [-0.39, 0.29) is 24.8 Å². The molecule has 1 unspecified atom stereocenters. The van der Waals surface area contributed by atoms with Gasteiger partial charge in [0.05, 0.1) is 7.11 Å². The number of rotatable bonds is 5. The van der Waals surface area contributed by atoms with Gasteiger partial charge in [0.2, 0.25) is 0 Å². The lowest BCUT2D eigenvalue weighted by Crippen LogP contribution is -2.24. The van der Waals surface area contributed by atoms with Crippen molar-refractivity contribution in [2.45, 2.75) is 25.3 Å². The Hall–Kier alpha value is -1.56. The van der Waals surface area contributed by atoms with Crippen molar-refractivity contribution in [3.05, 3.63) is 35.1 Å². The van der Waals surface area contributed by atoms with Gasteiger partial charge in [-0.2, -0.15) is 0 Å². The predicted octanol–water partition coefficient (Wildman–Crippen LogP) is 1.93. The van der Waals surface area contributed by atoms with Crippen LogP contribution in [0.15, 0.2) is 12.1 Å². The summed E-state index contributed by atoms with van der Waals surface area (Å²) >= 11 is 0. The maximum atomic E-state index is 13.3. The second kappa shape index (κ2) is 6.39. The molecule has 0 aliphatic rings. The van der Waals surface area contributed by atoms with Gasteiger partial charge in [0.15, 0.2) is 11.6 Å². The van der Waals surface area contributed by atoms with Gasteiger partial charge < -0.3 is 10.5 Å². The zero-order valence-corrected chi connectivity index (χ0v) is 9.88. The van der Waals surface area contributed by atoms with Crippen LogP contribution >= 0.6 is 0 Å². The van der Waals surface area contributed by atoms with Crippen LogP contribution in [-0.4, -0.2) is 19.1 Å². The molecule has 18 heavy (non-hydrogen) atoms. The van der Waals surface area contributed by atoms with Crippen LogP contribution in [0, 0.1) is 17.5 Å². The zero-order chi connectivity index (χ0) is 13.7. The van der Waals surface area contributed by atoms with Crippen LogP contribution in [0.2, 0.25) is 0 Å². The van der Waals surface area contributed by atoms with Crippen LogP contribution in [0.25, 0.3) is 0 Å². The van der Waals surface area contributed by atoms with Crippen molar-refractivity contribution in [2.75, 3.05) is 7.11 Å². The number of esters is 1. The smallest absolute Gasteiger partial charge is 0.305 e. The fourth-order valence-corrected chi connectivity index (χ4v) is 1.51. The van der Waals surface area contributed by atoms with Crippen LogP contribution < -0.4 is 5.73 Å². The zero-order valence-electron chi connectivity index (χ0n) is 9.88. The number of methoxy groups -OCH3 is 1. The van der Waals surface area contributed by atoms with Crippen molar-refractivity contribution >= 4 is 5.97 Å². The normalized spacial score (nSPS) is 12.3. The molecular weight excluding hydrogens is 247 g/mol. The topological polar surface area (TPSA) is 52.3 Å². The molecule has 1 aromatic carbocycles. The van der Waals surface area contributed by atoms with E-state index in [0.717, 1.165) is 6.07 Å². The van der Waals surface area contributed by atoms with Crippen LogP contribution in [0.5, 0.6) is 0 Å². The first-order valence-corrected chi connectivity index (χ1v) is 5.40. The molecule has 0 aliphatic carbocycles. The van der Waals surface area contributed by atoms with Gasteiger partial charge in [0.25, 0.3) is 0 Å². The van der Waals surface area contributed by atoms with Crippen LogP contribution in [0.4, 0.5) is 13.2 Å². The van der Waals surface area contributed by atoms with Crippen molar-refractivity contribution in [3.63, 3.8) is 0 Å². The van der Waals surface area contributed by atoms with E-state index in [1.807, 2.05) is 0 Å². The second-order valence-corrected chi connectivity index (χ2v) is 3.94. The number of carbonyl (C=O) groups is 1. The van der Waals surface area contributed by atoms with Crippen molar-refractivity contribution in [1.29, 1.82) is 0 Å². The van der Waals surface area contributed by atoms with Gasteiger partial charge in [-0.3, -0.25) is 4.79 Å². The maximum absolute atomic E-state index is 13.3. The largest absolute Gasteiger partial charge is 0.469 e. The first-order valence-electron chi connectivity index (χ1n) is 5.40. The number of hydrogen-bond acceptors (Lipinski definition) is 3. The SMILES string of the molecule is COC(=O)CCC(N)Cc1cc(F)c(F)cc1F. The predicted molar refractivity (Wildman–Crippen MR) is 59.2 cm³/mol. The lowest BCUT2D eigenvalue weighted by atomic mass is 10.0. The summed E-state index contributed by atoms with van der Waals surface area (Å²) in [4.78, 5) is 10.9. The average molecular weight is 261 g/mol. The Morgan fingerprint density at radius 2 is 1.89 bits per heavy atom. The van der Waals surface area contributed by atoms with E-state index in [1.54, 1.807) is 0 Å². The molecule has 6 heteroatoms. The number of benzene rings is 1. The Labute approximate surface area is 103 Å². The molecule has 0 saturated heterocycles. The highest BCUT2D eigenvalue weighted by molar-refractivity contribution is 5.69. The summed E-state index contributed by atoms with van der Waals surface area (Å²) in [6.45, 7) is 0. The third-order valence-corrected chi connectivity index (χ3v) is 2.52. The van der Waals surface area contributed by atoms with E-state index < -0.39 is 29.5 Å². The molecule has 2 N–H and O–H groups in total. The van der Waals surface area contributed by atoms with Crippen LogP contribution in [0.1, 0.15) is 18.4 Å². The van der Waals surface area contributed by atoms with E-state index in [9.17, 15) is 18.0 Å². The van der Waals surface area contributed by atoms with Crippen LogP contribution in [0.3, 0.4) is 0 Å². The Kier molecular flexibility index (Phi) is 5.15. The molecule has 0 aliphatic heterocycles. The fraction of sp³-hybridized carbons (Fsp3) is 0.417. The molecule has 1 rings (SSSR count). The molecule has 0 spiro atoms. The van der Waals surface area contributed by atoms with Crippen molar-refractivity contribution < 1.29 is 22.7 Å². The Bertz CT molecular complexity index is 438. The van der Waals surface area contributed by atoms with E-state index in [4.69, 9.17) is 5.73 Å². The number of hydrogen-bond donors (Lipinski definition) is 1. The van der Waals surface area contributed by atoms with Gasteiger partial charge in [0, 0.05) is 18.5 Å². The highest BCUT2D eigenvalue weighted by atomic mass is 19.2. The molecule has 1 aromatic rings. The molecule has 3 nitrogen and oxygen atoms in total. The van der Waals surface area contributed by atoms with Crippen molar-refractivity contribution in [3.8, 4) is 0 Å². The lowest BCUT2D eigenvalue weighted by molar-refractivity contribution is -0.140. The van der Waals surface area contributed by atoms with E-state index >= 15 is 0 Å². The molecule has 100 valence electrons. The van der Waals surface area contributed by atoms with E-state index in [0.29, 0.717) is 6.07 Å². The number of ether oxygens (including phenoxy) is 1. The Morgan fingerprint density at radius 3 is 2.50 bits per heavy atom. The molecule has 0 saturated carbocycles. The van der Waals surface area contributed by atoms with Gasteiger partial charge in [-0.15, -0.1) is 0 Å². The number of halogens is 3. The standard InChI is InChI=1S/C12H14F3NO2/c1-18-12(17)3-2-8(16)4-7-5-10(14)11(15)6-9(7)13/h5-6,8H,2-4,16H2,1H3. The monoisotopic (exact) mass is 261 g/mol. The van der Waals surface area contributed by atoms with Crippen molar-refractivity contribution in [1.82, 2.24) is 0 Å². The summed E-state index contributed by atoms with van der Waals surface area (Å²) in [6.07, 6.45) is 0.411. The first-order chi connectivity index (χ1) is 8.43. The van der Waals surface area contributed by atoms with Gasteiger partial charge in [0.1, 0.15) is 5.82 Å². The van der Waals surface area contributed by atoms with Crippen molar-refractivity contribution in [2.24, 2.45) is 5.73 Å². The molecule has 0 heterocycles. The number of nitrogens with two attached hydrogens (primary N) is 1. The molecule has 0 fully saturated rings. The minimum Gasteiger partial charge on any atom is -0.469 e. The molecule has 0 amide bonds. The quantitative estimate of drug-likeness (QED) is 0.651. The summed E-state index contributed by atoms with van der Waals surface area (Å²) in [5.74, 6) is -3.62. The van der Waals surface area contributed by atoms with E-state index in [1.165, 1.54) is 7.11 Å². The summed E-state index contributed by atoms with van der Waals surface area (Å²) in [7, 11) is 1.25. The average Bonchev–Trinajstić information content (AvgIpc) is 2.33. The van der Waals surface area contributed by atoms with Gasteiger partial charge >= 0.3 is 5.97 Å². The van der Waals surface area contributed by atoms with Gasteiger partial charge in [-0.1, -0.05) is 0 Å². The third-order valence-electron chi connectivity index (χ3n) is 2.52. The molecular formula is C12H14F3NO2. The number of carbonyl (C=O) groups excluding carboxylic acids is 1. The molecule has 0 bridgehead atoms. The van der Waals surface area contributed by atoms with Crippen LogP contribution in [-0.2, 0) is 16.0 Å². The Morgan fingerprint density at radius 1 is 1.28 bits per heavy atom. The summed E-state index contributed by atoms with van der Waals surface area (Å²) in [5.41, 5.74) is 5.67. The molecule has 0 radical (unpaired) electrons. The molecule has 0 aromatic heterocycles. The summed E-state index contributed by atoms with van der Waals surface area (Å²) in [5, 5.41) is 0. The van der Waals surface area contributed by atoms with Gasteiger partial charge in [-0.25, -0.2) is 13.2 Å². The van der Waals surface area contributed by atoms with Gasteiger partial charge in [-0.05, 0) is 24.5 Å². The highest BCUT2D eigenvalue weighted by Crippen LogP contribution is 2.16. The third kappa shape index (κ3) is 4.03.